The van der Waals surface area contributed by atoms with Gasteiger partial charge < -0.3 is 9.30 Å². The van der Waals surface area contributed by atoms with E-state index in [1.807, 2.05) is 24.6 Å². The summed E-state index contributed by atoms with van der Waals surface area (Å²) in [5.41, 5.74) is 2.49. The lowest BCUT2D eigenvalue weighted by Gasteiger charge is -2.05. The molecule has 0 amide bonds. The van der Waals surface area contributed by atoms with Crippen molar-refractivity contribution < 1.29 is 9.53 Å². The molecule has 84 valence electrons. The molecule has 0 atom stereocenters. The summed E-state index contributed by atoms with van der Waals surface area (Å²) in [6.07, 6.45) is 0.844. The highest BCUT2D eigenvalue weighted by Crippen LogP contribution is 2.37. The second-order valence-corrected chi connectivity index (χ2v) is 4.06. The highest BCUT2D eigenvalue weighted by atomic mass is 35.5. The highest BCUT2D eigenvalue weighted by Gasteiger charge is 2.17. The maximum atomic E-state index is 11.1. The van der Waals surface area contributed by atoms with Crippen molar-refractivity contribution >= 4 is 28.8 Å². The number of carbonyl (C=O) groups is 1. The van der Waals surface area contributed by atoms with E-state index in [0.717, 1.165) is 22.9 Å². The third kappa shape index (κ3) is 1.32. The van der Waals surface area contributed by atoms with Crippen LogP contribution in [-0.2, 0) is 7.05 Å². The molecule has 3 nitrogen and oxygen atoms in total. The molecule has 0 unspecified atom stereocenters. The molecule has 16 heavy (non-hydrogen) atoms. The summed E-state index contributed by atoms with van der Waals surface area (Å²) < 4.78 is 7.22. The second kappa shape index (κ2) is 3.83. The molecule has 4 heteroatoms. The van der Waals surface area contributed by atoms with Gasteiger partial charge in [0.25, 0.3) is 0 Å². The van der Waals surface area contributed by atoms with Gasteiger partial charge in [0.1, 0.15) is 5.75 Å². The molecular weight excluding hydrogens is 226 g/mol. The monoisotopic (exact) mass is 237 g/mol. The van der Waals surface area contributed by atoms with Crippen molar-refractivity contribution in [2.75, 3.05) is 7.11 Å². The Morgan fingerprint density at radius 3 is 2.69 bits per heavy atom. The molecule has 0 aliphatic carbocycles. The van der Waals surface area contributed by atoms with Crippen LogP contribution in [0, 0.1) is 6.92 Å². The van der Waals surface area contributed by atoms with E-state index in [9.17, 15) is 4.79 Å². The van der Waals surface area contributed by atoms with Crippen molar-refractivity contribution in [2.45, 2.75) is 6.92 Å². The number of aryl methyl sites for hydroxylation is 1. The lowest BCUT2D eigenvalue weighted by molar-refractivity contribution is 0.112. The standard InChI is InChI=1S/C12H12ClNO2/c1-7-8(6-15)11-10(14(7)2)5-4-9(13)12(11)16-3/h4-6H,1-3H3. The van der Waals surface area contributed by atoms with Gasteiger partial charge in [-0.25, -0.2) is 0 Å². The first kappa shape index (κ1) is 11.0. The Hall–Kier alpha value is -1.48. The Balaban J connectivity index is 3.01. The van der Waals surface area contributed by atoms with Crippen molar-refractivity contribution in [3.05, 3.63) is 28.4 Å². The SMILES string of the molecule is COc1c(Cl)ccc2c1c(C=O)c(C)n2C. The number of hydrogen-bond donors (Lipinski definition) is 0. The summed E-state index contributed by atoms with van der Waals surface area (Å²) in [4.78, 5) is 11.1. The molecule has 0 spiro atoms. The average Bonchev–Trinajstić information content (AvgIpc) is 2.52. The van der Waals surface area contributed by atoms with Crippen LogP contribution in [0.1, 0.15) is 16.1 Å². The van der Waals surface area contributed by atoms with E-state index in [-0.39, 0.29) is 0 Å². The van der Waals surface area contributed by atoms with Gasteiger partial charge in [0.05, 0.1) is 23.0 Å². The van der Waals surface area contributed by atoms with Gasteiger partial charge in [0.2, 0.25) is 0 Å². The Kier molecular flexibility index (Phi) is 2.64. The van der Waals surface area contributed by atoms with E-state index in [1.54, 1.807) is 13.2 Å². The molecule has 1 aromatic heterocycles. The van der Waals surface area contributed by atoms with Gasteiger partial charge in [0.15, 0.2) is 6.29 Å². The molecule has 1 aromatic carbocycles. The maximum Gasteiger partial charge on any atom is 0.152 e. The van der Waals surface area contributed by atoms with Crippen LogP contribution >= 0.6 is 11.6 Å². The van der Waals surface area contributed by atoms with Crippen LogP contribution in [0.25, 0.3) is 10.9 Å². The summed E-state index contributed by atoms with van der Waals surface area (Å²) in [6, 6.07) is 3.66. The van der Waals surface area contributed by atoms with Gasteiger partial charge in [-0.2, -0.15) is 0 Å². The molecule has 2 rings (SSSR count). The lowest BCUT2D eigenvalue weighted by atomic mass is 10.1. The molecule has 1 heterocycles. The summed E-state index contributed by atoms with van der Waals surface area (Å²) in [5.74, 6) is 0.560. The van der Waals surface area contributed by atoms with Gasteiger partial charge in [-0.05, 0) is 19.1 Å². The van der Waals surface area contributed by atoms with Gasteiger partial charge in [-0.3, -0.25) is 4.79 Å². The normalized spacial score (nSPS) is 10.8. The van der Waals surface area contributed by atoms with E-state index < -0.39 is 0 Å². The minimum absolute atomic E-state index is 0.517. The number of ether oxygens (including phenoxy) is 1. The van der Waals surface area contributed by atoms with Crippen LogP contribution in [0.3, 0.4) is 0 Å². The number of benzene rings is 1. The third-order valence-corrected chi connectivity index (χ3v) is 3.23. The molecule has 0 N–H and O–H groups in total. The summed E-state index contributed by atoms with van der Waals surface area (Å²) in [5, 5.41) is 1.30. The Bertz CT molecular complexity index is 572. The second-order valence-electron chi connectivity index (χ2n) is 3.65. The predicted molar refractivity (Wildman–Crippen MR) is 64.6 cm³/mol. The zero-order chi connectivity index (χ0) is 11.9. The van der Waals surface area contributed by atoms with Gasteiger partial charge in [-0.1, -0.05) is 11.6 Å². The fourth-order valence-corrected chi connectivity index (χ4v) is 2.21. The van der Waals surface area contributed by atoms with E-state index in [4.69, 9.17) is 16.3 Å². The fourth-order valence-electron chi connectivity index (χ4n) is 1.97. The Morgan fingerprint density at radius 2 is 2.12 bits per heavy atom. The minimum atomic E-state index is 0.517. The first-order valence-electron chi connectivity index (χ1n) is 4.88. The molecule has 0 radical (unpaired) electrons. The molecule has 0 saturated carbocycles. The Morgan fingerprint density at radius 1 is 1.44 bits per heavy atom. The first-order chi connectivity index (χ1) is 7.61. The number of rotatable bonds is 2. The topological polar surface area (TPSA) is 31.2 Å². The van der Waals surface area contributed by atoms with Crippen molar-refractivity contribution in [1.82, 2.24) is 4.57 Å². The van der Waals surface area contributed by atoms with Crippen molar-refractivity contribution in [2.24, 2.45) is 7.05 Å². The summed E-state index contributed by atoms with van der Waals surface area (Å²) in [7, 11) is 3.47. The number of methoxy groups -OCH3 is 1. The minimum Gasteiger partial charge on any atom is -0.494 e. The molecule has 0 aliphatic heterocycles. The van der Waals surface area contributed by atoms with Crippen LogP contribution in [0.15, 0.2) is 12.1 Å². The van der Waals surface area contributed by atoms with Crippen LogP contribution in [0.2, 0.25) is 5.02 Å². The average molecular weight is 238 g/mol. The lowest BCUT2D eigenvalue weighted by Crippen LogP contribution is -1.91. The number of aldehydes is 1. The zero-order valence-corrected chi connectivity index (χ0v) is 10.1. The smallest absolute Gasteiger partial charge is 0.152 e. The predicted octanol–water partition coefficient (Wildman–Crippen LogP) is 2.96. The number of halogens is 1. The number of aromatic nitrogens is 1. The van der Waals surface area contributed by atoms with Gasteiger partial charge >= 0.3 is 0 Å². The van der Waals surface area contributed by atoms with E-state index >= 15 is 0 Å². The molecule has 0 saturated heterocycles. The number of fused-ring (bicyclic) bond motifs is 1. The molecule has 0 bridgehead atoms. The number of hydrogen-bond acceptors (Lipinski definition) is 2. The molecule has 0 fully saturated rings. The third-order valence-electron chi connectivity index (χ3n) is 2.93. The molecule has 2 aromatic rings. The molecular formula is C12H12ClNO2. The van der Waals surface area contributed by atoms with Gasteiger partial charge in [-0.15, -0.1) is 0 Å². The van der Waals surface area contributed by atoms with Crippen molar-refractivity contribution in [1.29, 1.82) is 0 Å². The van der Waals surface area contributed by atoms with Crippen LogP contribution in [-0.4, -0.2) is 18.0 Å². The molecule has 0 aliphatic rings. The van der Waals surface area contributed by atoms with Crippen molar-refractivity contribution in [3.8, 4) is 5.75 Å². The number of carbonyl (C=O) groups excluding carboxylic acids is 1. The number of nitrogens with zero attached hydrogens (tertiary/aromatic N) is 1. The summed E-state index contributed by atoms with van der Waals surface area (Å²) in [6.45, 7) is 1.90. The quantitative estimate of drug-likeness (QED) is 0.752. The van der Waals surface area contributed by atoms with E-state index in [2.05, 4.69) is 0 Å². The largest absolute Gasteiger partial charge is 0.494 e. The maximum absolute atomic E-state index is 11.1. The Labute approximate surface area is 98.6 Å². The zero-order valence-electron chi connectivity index (χ0n) is 9.37. The fraction of sp³-hybridized carbons (Fsp3) is 0.250. The van der Waals surface area contributed by atoms with Gasteiger partial charge in [0, 0.05) is 18.3 Å². The van der Waals surface area contributed by atoms with Crippen LogP contribution < -0.4 is 4.74 Å². The van der Waals surface area contributed by atoms with Crippen LogP contribution in [0.5, 0.6) is 5.75 Å². The van der Waals surface area contributed by atoms with E-state index in [0.29, 0.717) is 16.3 Å². The van der Waals surface area contributed by atoms with Crippen molar-refractivity contribution in [3.63, 3.8) is 0 Å². The summed E-state index contributed by atoms with van der Waals surface area (Å²) >= 11 is 6.04. The van der Waals surface area contributed by atoms with E-state index in [1.165, 1.54) is 0 Å². The first-order valence-corrected chi connectivity index (χ1v) is 5.26. The highest BCUT2D eigenvalue weighted by molar-refractivity contribution is 6.33. The van der Waals surface area contributed by atoms with Crippen LogP contribution in [0.4, 0.5) is 0 Å².